The number of Topliss-reactive ketones (excluding diaryl/α,β-unsaturated/α-hetero) is 2. The van der Waals surface area contributed by atoms with E-state index in [0.717, 1.165) is 37.7 Å². The third kappa shape index (κ3) is 3.06. The number of carbonyl (C=O) groups excluding carboxylic acids is 3. The lowest BCUT2D eigenvalue weighted by Crippen LogP contribution is -2.67. The molecule has 0 unspecified atom stereocenters. The number of carbonyl (C=O) groups is 3. The summed E-state index contributed by atoms with van der Waals surface area (Å²) >= 11 is 0. The number of rotatable bonds is 4. The minimum absolute atomic E-state index is 0.0121. The summed E-state index contributed by atoms with van der Waals surface area (Å²) in [6.45, 7) is 6.26. The third-order valence-corrected chi connectivity index (χ3v) is 9.73. The maximum absolute atomic E-state index is 13.9. The molecule has 1 heterocycles. The zero-order valence-electron chi connectivity index (χ0n) is 20.3. The second-order valence-corrected chi connectivity index (χ2v) is 11.2. The fourth-order valence-corrected chi connectivity index (χ4v) is 8.01. The van der Waals surface area contributed by atoms with Crippen LogP contribution in [-0.4, -0.2) is 42.6 Å². The summed E-state index contributed by atoms with van der Waals surface area (Å²) in [4.78, 5) is 39.4. The number of methoxy groups -OCH3 is 1. The standard InChI is InChI=1S/C27H36O6/c1-5-6-11-27(31-4)32-16-22(30)26(33-27)13-10-20-19-8-7-17-14-18(28)9-12-24(17,2)23(19)21(29)15-25(20,26)3/h9,12,14,19-20,23H,5-8,10-11,13,15-16H2,1-4H3/t19-,20-,23+,24+,25-,26-,27-/m1/s1. The topological polar surface area (TPSA) is 78.9 Å². The van der Waals surface area contributed by atoms with Crippen molar-refractivity contribution in [3.63, 3.8) is 0 Å². The van der Waals surface area contributed by atoms with Crippen LogP contribution in [0.1, 0.15) is 72.1 Å². The number of hydrogen-bond acceptors (Lipinski definition) is 6. The quantitative estimate of drug-likeness (QED) is 0.627. The van der Waals surface area contributed by atoms with Crippen molar-refractivity contribution in [1.29, 1.82) is 0 Å². The molecule has 6 nitrogen and oxygen atoms in total. The van der Waals surface area contributed by atoms with Crippen LogP contribution in [0, 0.1) is 28.6 Å². The molecule has 7 atom stereocenters. The number of unbranched alkanes of at least 4 members (excludes halogenated alkanes) is 1. The van der Waals surface area contributed by atoms with Gasteiger partial charge >= 0.3 is 0 Å². The van der Waals surface area contributed by atoms with Gasteiger partial charge in [0.2, 0.25) is 0 Å². The smallest absolute Gasteiger partial charge is 0.284 e. The number of hydrogen-bond donors (Lipinski definition) is 0. The first-order chi connectivity index (χ1) is 15.6. The maximum Gasteiger partial charge on any atom is 0.284 e. The molecule has 0 amide bonds. The molecule has 0 aromatic carbocycles. The Hall–Kier alpha value is -1.63. The van der Waals surface area contributed by atoms with Crippen molar-refractivity contribution in [2.75, 3.05) is 13.7 Å². The van der Waals surface area contributed by atoms with Crippen molar-refractivity contribution in [1.82, 2.24) is 0 Å². The van der Waals surface area contributed by atoms with E-state index in [2.05, 4.69) is 20.8 Å². The van der Waals surface area contributed by atoms with Gasteiger partial charge in [0.05, 0.1) is 0 Å². The Labute approximate surface area is 196 Å². The number of ketones is 3. The second-order valence-electron chi connectivity index (χ2n) is 11.2. The molecule has 5 aliphatic rings. The minimum atomic E-state index is -1.23. The highest BCUT2D eigenvalue weighted by Crippen LogP contribution is 2.68. The van der Waals surface area contributed by atoms with Crippen LogP contribution in [0.2, 0.25) is 0 Å². The molecule has 0 aromatic rings. The molecule has 5 rings (SSSR count). The van der Waals surface area contributed by atoms with Gasteiger partial charge in [-0.2, -0.15) is 0 Å². The van der Waals surface area contributed by atoms with Crippen molar-refractivity contribution in [3.8, 4) is 0 Å². The Morgan fingerprint density at radius 2 is 1.97 bits per heavy atom. The molecule has 33 heavy (non-hydrogen) atoms. The van der Waals surface area contributed by atoms with Gasteiger partial charge in [-0.3, -0.25) is 14.4 Å². The van der Waals surface area contributed by atoms with Crippen molar-refractivity contribution in [2.24, 2.45) is 28.6 Å². The molecule has 6 heteroatoms. The Morgan fingerprint density at radius 3 is 2.70 bits per heavy atom. The van der Waals surface area contributed by atoms with Crippen molar-refractivity contribution in [3.05, 3.63) is 23.8 Å². The monoisotopic (exact) mass is 456 g/mol. The molecule has 0 aromatic heterocycles. The van der Waals surface area contributed by atoms with E-state index in [0.29, 0.717) is 19.3 Å². The molecule has 0 N–H and O–H groups in total. The summed E-state index contributed by atoms with van der Waals surface area (Å²) in [5, 5.41) is 0. The summed E-state index contributed by atoms with van der Waals surface area (Å²) in [6.07, 6.45) is 11.1. The van der Waals surface area contributed by atoms with E-state index in [4.69, 9.17) is 14.2 Å². The van der Waals surface area contributed by atoms with Gasteiger partial charge in [0, 0.05) is 36.7 Å². The third-order valence-electron chi connectivity index (χ3n) is 9.73. The SMILES string of the molecule is CCCC[C@@]1(OC)OCC(=O)[C@@]2(CC[C@@H]3[C@H]4CCC5=CC(=O)C=C[C@]5(C)[C@@H]4C(=O)C[C@]32C)O1. The lowest BCUT2D eigenvalue weighted by Gasteiger charge is -2.59. The predicted octanol–water partition coefficient (Wildman–Crippen LogP) is 4.32. The van der Waals surface area contributed by atoms with Gasteiger partial charge in [0.1, 0.15) is 18.0 Å². The summed E-state index contributed by atoms with van der Waals surface area (Å²) in [7, 11) is 1.57. The van der Waals surface area contributed by atoms with Crippen molar-refractivity contribution >= 4 is 17.3 Å². The first-order valence-corrected chi connectivity index (χ1v) is 12.5. The van der Waals surface area contributed by atoms with Crippen LogP contribution in [0.25, 0.3) is 0 Å². The molecule has 180 valence electrons. The van der Waals surface area contributed by atoms with Crippen LogP contribution in [0.3, 0.4) is 0 Å². The van der Waals surface area contributed by atoms with Crippen LogP contribution in [0.5, 0.6) is 0 Å². The van der Waals surface area contributed by atoms with Crippen LogP contribution in [0.4, 0.5) is 0 Å². The maximum atomic E-state index is 13.9. The van der Waals surface area contributed by atoms with E-state index in [1.165, 1.54) is 0 Å². The number of fused-ring (bicyclic) bond motifs is 6. The van der Waals surface area contributed by atoms with E-state index >= 15 is 0 Å². The van der Waals surface area contributed by atoms with E-state index in [1.54, 1.807) is 19.3 Å². The summed E-state index contributed by atoms with van der Waals surface area (Å²) in [6, 6.07) is 0. The number of allylic oxidation sites excluding steroid dienone is 4. The minimum Gasteiger partial charge on any atom is -0.331 e. The molecule has 0 bridgehead atoms. The van der Waals surface area contributed by atoms with Gasteiger partial charge in [0.15, 0.2) is 11.6 Å². The van der Waals surface area contributed by atoms with Gasteiger partial charge in [-0.15, -0.1) is 0 Å². The normalized spacial score (nSPS) is 46.7. The Morgan fingerprint density at radius 1 is 1.18 bits per heavy atom. The summed E-state index contributed by atoms with van der Waals surface area (Å²) in [5.41, 5.74) is -0.982. The average Bonchev–Trinajstić information content (AvgIpc) is 3.07. The predicted molar refractivity (Wildman–Crippen MR) is 121 cm³/mol. The fraction of sp³-hybridized carbons (Fsp3) is 0.741. The molecule has 4 aliphatic carbocycles. The summed E-state index contributed by atoms with van der Waals surface area (Å²) in [5.74, 6) is -0.881. The van der Waals surface area contributed by atoms with Crippen LogP contribution < -0.4 is 0 Å². The first-order valence-electron chi connectivity index (χ1n) is 12.5. The van der Waals surface area contributed by atoms with Crippen molar-refractivity contribution in [2.45, 2.75) is 83.7 Å². The van der Waals surface area contributed by atoms with Gasteiger partial charge < -0.3 is 14.2 Å². The zero-order chi connectivity index (χ0) is 23.6. The van der Waals surface area contributed by atoms with Gasteiger partial charge in [-0.25, -0.2) is 0 Å². The number of ether oxygens (including phenoxy) is 3. The van der Waals surface area contributed by atoms with Gasteiger partial charge in [0.25, 0.3) is 5.97 Å². The second kappa shape index (κ2) is 7.69. The molecular weight excluding hydrogens is 420 g/mol. The summed E-state index contributed by atoms with van der Waals surface area (Å²) < 4.78 is 18.2. The molecule has 0 radical (unpaired) electrons. The highest BCUT2D eigenvalue weighted by Gasteiger charge is 2.72. The average molecular weight is 457 g/mol. The molecule has 1 saturated heterocycles. The molecule has 4 fully saturated rings. The zero-order valence-corrected chi connectivity index (χ0v) is 20.3. The molecule has 1 aliphatic heterocycles. The molecular formula is C27H36O6. The van der Waals surface area contributed by atoms with Crippen molar-refractivity contribution < 1.29 is 28.6 Å². The van der Waals surface area contributed by atoms with Crippen LogP contribution in [-0.2, 0) is 28.6 Å². The van der Waals surface area contributed by atoms with Crippen LogP contribution in [0.15, 0.2) is 23.8 Å². The lowest BCUT2D eigenvalue weighted by molar-refractivity contribution is -0.424. The van der Waals surface area contributed by atoms with Gasteiger partial charge in [-0.05, 0) is 56.1 Å². The Kier molecular flexibility index (Phi) is 5.39. The Bertz CT molecular complexity index is 950. The van der Waals surface area contributed by atoms with E-state index in [9.17, 15) is 14.4 Å². The highest BCUT2D eigenvalue weighted by molar-refractivity contribution is 6.02. The lowest BCUT2D eigenvalue weighted by atomic mass is 9.46. The molecule has 1 spiro atoms. The molecule has 3 saturated carbocycles. The van der Waals surface area contributed by atoms with Crippen LogP contribution >= 0.6 is 0 Å². The van der Waals surface area contributed by atoms with E-state index in [1.807, 2.05) is 6.08 Å². The fourth-order valence-electron chi connectivity index (χ4n) is 8.01. The largest absolute Gasteiger partial charge is 0.331 e. The Balaban J connectivity index is 1.52. The highest BCUT2D eigenvalue weighted by atomic mass is 16.9. The van der Waals surface area contributed by atoms with E-state index in [-0.39, 0.29) is 41.7 Å². The van der Waals surface area contributed by atoms with Gasteiger partial charge in [-0.1, -0.05) is 38.8 Å². The first kappa shape index (κ1) is 23.1. The van der Waals surface area contributed by atoms with E-state index < -0.39 is 22.4 Å².